The summed E-state index contributed by atoms with van der Waals surface area (Å²) in [4.78, 5) is 22.8. The summed E-state index contributed by atoms with van der Waals surface area (Å²) >= 11 is 0.645. The zero-order valence-corrected chi connectivity index (χ0v) is 16.2. The molecule has 28 heavy (non-hydrogen) atoms. The quantitative estimate of drug-likeness (QED) is 0.707. The largest absolute Gasteiger partial charge is 0.493 e. The number of hydrogen-bond acceptors (Lipinski definition) is 6. The number of carbonyl (C=O) groups is 2. The summed E-state index contributed by atoms with van der Waals surface area (Å²) in [6.45, 7) is 0.383. The van der Waals surface area contributed by atoms with Gasteiger partial charge in [0.1, 0.15) is 6.61 Å². The average Bonchev–Trinajstić information content (AvgIpc) is 3.03. The first-order valence-electron chi connectivity index (χ1n) is 8.45. The van der Waals surface area contributed by atoms with Crippen LogP contribution in [-0.2, 0) is 11.4 Å². The van der Waals surface area contributed by atoms with Gasteiger partial charge in [0.25, 0.3) is 5.24 Å². The number of benzene rings is 2. The molecular formula is C21H19NO5S. The molecule has 2 aromatic rings. The number of rotatable bonds is 7. The number of nitrogens with one attached hydrogen (secondary N) is 1. The lowest BCUT2D eigenvalue weighted by Gasteiger charge is -2.15. The summed E-state index contributed by atoms with van der Waals surface area (Å²) in [5.74, 6) is 1.57. The molecule has 0 spiro atoms. The van der Waals surface area contributed by atoms with E-state index in [4.69, 9.17) is 14.2 Å². The molecular weight excluding hydrogens is 378 g/mol. The van der Waals surface area contributed by atoms with Gasteiger partial charge < -0.3 is 19.5 Å². The fourth-order valence-corrected chi connectivity index (χ4v) is 3.12. The van der Waals surface area contributed by atoms with E-state index in [0.29, 0.717) is 35.6 Å². The monoisotopic (exact) mass is 397 g/mol. The average molecular weight is 397 g/mol. The van der Waals surface area contributed by atoms with E-state index >= 15 is 0 Å². The van der Waals surface area contributed by atoms with Crippen molar-refractivity contribution < 1.29 is 23.8 Å². The fraction of sp³-hybridized carbons (Fsp3) is 0.143. The van der Waals surface area contributed by atoms with Crippen LogP contribution in [0.25, 0.3) is 6.08 Å². The molecule has 1 N–H and O–H groups in total. The second-order valence-electron chi connectivity index (χ2n) is 5.77. The van der Waals surface area contributed by atoms with Crippen LogP contribution >= 0.6 is 11.8 Å². The molecule has 7 heteroatoms. The number of thioether (sulfide) groups is 1. The molecule has 0 unspecified atom stereocenters. The van der Waals surface area contributed by atoms with E-state index < -0.39 is 0 Å². The molecule has 1 amide bonds. The van der Waals surface area contributed by atoms with Crippen LogP contribution in [0.1, 0.15) is 11.1 Å². The SMILES string of the molecule is COc1cc(C=CC=C2NC(=O)SC2=O)cc(OC)c1OCc1ccccc1. The number of hydrogen-bond donors (Lipinski definition) is 1. The standard InChI is InChI=1S/C21H19NO5S/c1-25-17-11-15(9-6-10-16-20(23)28-21(24)22-16)12-18(26-2)19(17)27-13-14-7-4-3-5-8-14/h3-12H,13H2,1-2H3,(H,22,24). The molecule has 1 heterocycles. The molecule has 1 aliphatic rings. The Labute approximate surface area is 167 Å². The van der Waals surface area contributed by atoms with Gasteiger partial charge in [-0.15, -0.1) is 0 Å². The van der Waals surface area contributed by atoms with Gasteiger partial charge >= 0.3 is 0 Å². The molecule has 0 atom stereocenters. The lowest BCUT2D eigenvalue weighted by Crippen LogP contribution is -2.10. The molecule has 3 rings (SSSR count). The molecule has 0 radical (unpaired) electrons. The van der Waals surface area contributed by atoms with Gasteiger partial charge in [-0.25, -0.2) is 0 Å². The summed E-state index contributed by atoms with van der Waals surface area (Å²) in [6, 6.07) is 13.4. The third-order valence-corrected chi connectivity index (χ3v) is 4.60. The smallest absolute Gasteiger partial charge is 0.291 e. The van der Waals surface area contributed by atoms with Gasteiger partial charge in [0.15, 0.2) is 11.5 Å². The van der Waals surface area contributed by atoms with Crippen LogP contribution in [0.5, 0.6) is 17.2 Å². The van der Waals surface area contributed by atoms with E-state index in [9.17, 15) is 9.59 Å². The van der Waals surface area contributed by atoms with Gasteiger partial charge in [0.2, 0.25) is 10.9 Å². The topological polar surface area (TPSA) is 73.9 Å². The van der Waals surface area contributed by atoms with Crippen molar-refractivity contribution in [1.29, 1.82) is 0 Å². The van der Waals surface area contributed by atoms with Gasteiger partial charge in [-0.3, -0.25) is 9.59 Å². The fourth-order valence-electron chi connectivity index (χ4n) is 2.56. The molecule has 2 aromatic carbocycles. The second-order valence-corrected chi connectivity index (χ2v) is 6.72. The highest BCUT2D eigenvalue weighted by atomic mass is 32.2. The maximum Gasteiger partial charge on any atom is 0.291 e. The van der Waals surface area contributed by atoms with E-state index in [-0.39, 0.29) is 16.1 Å². The van der Waals surface area contributed by atoms with Gasteiger partial charge in [0, 0.05) is 11.8 Å². The van der Waals surface area contributed by atoms with Gasteiger partial charge in [-0.2, -0.15) is 0 Å². The molecule has 1 saturated heterocycles. The number of ether oxygens (including phenoxy) is 3. The second kappa shape index (κ2) is 9.14. The minimum Gasteiger partial charge on any atom is -0.493 e. The third-order valence-electron chi connectivity index (χ3n) is 3.90. The summed E-state index contributed by atoms with van der Waals surface area (Å²) in [7, 11) is 3.12. The maximum absolute atomic E-state index is 11.6. The highest BCUT2D eigenvalue weighted by Gasteiger charge is 2.24. The molecule has 0 saturated carbocycles. The van der Waals surface area contributed by atoms with Gasteiger partial charge in [-0.05, 0) is 29.3 Å². The van der Waals surface area contributed by atoms with Crippen LogP contribution in [-0.4, -0.2) is 24.6 Å². The van der Waals surface area contributed by atoms with E-state index in [1.165, 1.54) is 0 Å². The molecule has 0 aromatic heterocycles. The van der Waals surface area contributed by atoms with E-state index in [1.807, 2.05) is 42.5 Å². The predicted octanol–water partition coefficient (Wildman–Crippen LogP) is 4.16. The molecule has 6 nitrogen and oxygen atoms in total. The number of carbonyl (C=O) groups excluding carboxylic acids is 2. The molecule has 0 bridgehead atoms. The Morgan fingerprint density at radius 2 is 1.71 bits per heavy atom. The van der Waals surface area contributed by atoms with Crippen LogP contribution in [0, 0.1) is 0 Å². The molecule has 144 valence electrons. The summed E-state index contributed by atoms with van der Waals surface area (Å²) in [5, 5.41) is 1.83. The van der Waals surface area contributed by atoms with Crippen molar-refractivity contribution in [2.45, 2.75) is 6.61 Å². The molecule has 1 fully saturated rings. The van der Waals surface area contributed by atoms with E-state index in [0.717, 1.165) is 11.1 Å². The summed E-state index contributed by atoms with van der Waals surface area (Å²) in [6.07, 6.45) is 5.01. The number of allylic oxidation sites excluding steroid dienone is 2. The molecule has 1 aliphatic heterocycles. The summed E-state index contributed by atoms with van der Waals surface area (Å²) in [5.41, 5.74) is 2.08. The lowest BCUT2D eigenvalue weighted by atomic mass is 10.1. The predicted molar refractivity (Wildman–Crippen MR) is 109 cm³/mol. The number of methoxy groups -OCH3 is 2. The Morgan fingerprint density at radius 3 is 2.29 bits per heavy atom. The van der Waals surface area contributed by atoms with Crippen molar-refractivity contribution in [3.63, 3.8) is 0 Å². The highest BCUT2D eigenvalue weighted by molar-refractivity contribution is 8.27. The zero-order chi connectivity index (χ0) is 19.9. The zero-order valence-electron chi connectivity index (χ0n) is 15.4. The van der Waals surface area contributed by atoms with Crippen molar-refractivity contribution in [3.05, 3.63) is 71.4 Å². The van der Waals surface area contributed by atoms with Crippen molar-refractivity contribution in [3.8, 4) is 17.2 Å². The van der Waals surface area contributed by atoms with E-state index in [1.54, 1.807) is 32.4 Å². The Morgan fingerprint density at radius 1 is 1.04 bits per heavy atom. The minimum absolute atomic E-state index is 0.257. The van der Waals surface area contributed by atoms with Crippen LogP contribution < -0.4 is 19.5 Å². The van der Waals surface area contributed by atoms with Crippen molar-refractivity contribution >= 4 is 28.2 Å². The first-order valence-corrected chi connectivity index (χ1v) is 9.26. The Kier molecular flexibility index (Phi) is 6.39. The van der Waals surface area contributed by atoms with Crippen LogP contribution in [0.4, 0.5) is 4.79 Å². The Balaban J connectivity index is 1.80. The van der Waals surface area contributed by atoms with Crippen molar-refractivity contribution in [2.75, 3.05) is 14.2 Å². The number of amides is 1. The van der Waals surface area contributed by atoms with E-state index in [2.05, 4.69) is 5.32 Å². The summed E-state index contributed by atoms with van der Waals surface area (Å²) < 4.78 is 16.8. The van der Waals surface area contributed by atoms with Crippen LogP contribution in [0.3, 0.4) is 0 Å². The minimum atomic E-state index is -0.368. The van der Waals surface area contributed by atoms with Gasteiger partial charge in [0.05, 0.1) is 19.9 Å². The Bertz CT molecular complexity index is 912. The molecule has 0 aliphatic carbocycles. The van der Waals surface area contributed by atoms with Crippen LogP contribution in [0.2, 0.25) is 0 Å². The van der Waals surface area contributed by atoms with Gasteiger partial charge in [-0.1, -0.05) is 42.5 Å². The maximum atomic E-state index is 11.6. The van der Waals surface area contributed by atoms with Crippen molar-refractivity contribution in [1.82, 2.24) is 5.32 Å². The van der Waals surface area contributed by atoms with Crippen molar-refractivity contribution in [2.24, 2.45) is 0 Å². The highest BCUT2D eigenvalue weighted by Crippen LogP contribution is 2.39. The first kappa shape index (κ1) is 19.6. The normalized spacial score (nSPS) is 15.1. The Hall–Kier alpha value is -3.19. The lowest BCUT2D eigenvalue weighted by molar-refractivity contribution is -0.107. The van der Waals surface area contributed by atoms with Crippen LogP contribution in [0.15, 0.2) is 60.3 Å². The third kappa shape index (κ3) is 4.75. The first-order chi connectivity index (χ1) is 13.6.